The van der Waals surface area contributed by atoms with E-state index in [-0.39, 0.29) is 18.2 Å². The number of nitrogens with zero attached hydrogens (tertiary/aromatic N) is 3. The van der Waals surface area contributed by atoms with E-state index in [9.17, 15) is 9.59 Å². The van der Waals surface area contributed by atoms with E-state index >= 15 is 0 Å². The molecule has 1 aromatic heterocycles. The summed E-state index contributed by atoms with van der Waals surface area (Å²) in [5.74, 6) is 0.896. The Bertz CT molecular complexity index is 1100. The van der Waals surface area contributed by atoms with Crippen LogP contribution in [0.4, 0.5) is 5.69 Å². The minimum atomic E-state index is -0.556. The molecule has 4 rings (SSSR count). The van der Waals surface area contributed by atoms with Gasteiger partial charge < -0.3 is 9.47 Å². The fourth-order valence-corrected chi connectivity index (χ4v) is 4.27. The van der Waals surface area contributed by atoms with Gasteiger partial charge in [-0.3, -0.25) is 9.59 Å². The molecule has 1 fully saturated rings. The van der Waals surface area contributed by atoms with Crippen molar-refractivity contribution in [3.63, 3.8) is 0 Å². The maximum Gasteiger partial charge on any atom is 0.247 e. The number of benzene rings is 2. The second-order valence-electron chi connectivity index (χ2n) is 6.55. The molecule has 148 valence electrons. The summed E-state index contributed by atoms with van der Waals surface area (Å²) in [6.45, 7) is 1.89. The number of fused-ring (bicyclic) bond motifs is 1. The average Bonchev–Trinajstić information content (AvgIpc) is 3.01. The van der Waals surface area contributed by atoms with Crippen molar-refractivity contribution < 1.29 is 19.1 Å². The van der Waals surface area contributed by atoms with Gasteiger partial charge in [0.2, 0.25) is 11.8 Å². The molecular formula is C21H19N3O4S. The molecule has 0 spiro atoms. The second kappa shape index (κ2) is 7.71. The molecule has 2 amide bonds. The summed E-state index contributed by atoms with van der Waals surface area (Å²) in [5.41, 5.74) is 2.09. The summed E-state index contributed by atoms with van der Waals surface area (Å²) in [5, 5.41) is 0.810. The molecule has 7 nitrogen and oxygen atoms in total. The number of ether oxygens (including phenoxy) is 2. The van der Waals surface area contributed by atoms with Crippen LogP contribution in [0.25, 0.3) is 10.9 Å². The molecule has 1 aliphatic rings. The molecule has 2 heterocycles. The smallest absolute Gasteiger partial charge is 0.247 e. The van der Waals surface area contributed by atoms with Gasteiger partial charge in [-0.25, -0.2) is 14.9 Å². The third-order valence-electron chi connectivity index (χ3n) is 4.76. The number of methoxy groups -OCH3 is 2. The first kappa shape index (κ1) is 19.2. The Morgan fingerprint density at radius 2 is 1.69 bits per heavy atom. The zero-order chi connectivity index (χ0) is 20.5. The summed E-state index contributed by atoms with van der Waals surface area (Å²) < 4.78 is 10.4. The van der Waals surface area contributed by atoms with Crippen LogP contribution in [0.1, 0.15) is 12.1 Å². The molecule has 8 heteroatoms. The lowest BCUT2D eigenvalue weighted by atomic mass is 10.2. The van der Waals surface area contributed by atoms with Crippen molar-refractivity contribution in [1.29, 1.82) is 0 Å². The summed E-state index contributed by atoms with van der Waals surface area (Å²) in [7, 11) is 3.17. The van der Waals surface area contributed by atoms with Crippen molar-refractivity contribution in [3.05, 3.63) is 48.2 Å². The van der Waals surface area contributed by atoms with Gasteiger partial charge in [0, 0.05) is 17.5 Å². The Morgan fingerprint density at radius 1 is 1.00 bits per heavy atom. The van der Waals surface area contributed by atoms with Crippen LogP contribution in [0.2, 0.25) is 0 Å². The summed E-state index contributed by atoms with van der Waals surface area (Å²) in [6, 6.07) is 12.4. The normalized spacial score (nSPS) is 16.5. The van der Waals surface area contributed by atoms with E-state index in [1.54, 1.807) is 38.5 Å². The minimum absolute atomic E-state index is 0.110. The largest absolute Gasteiger partial charge is 0.497 e. The fraction of sp³-hybridized carbons (Fsp3) is 0.238. The number of imide groups is 1. The second-order valence-corrected chi connectivity index (χ2v) is 7.72. The third-order valence-corrected chi connectivity index (χ3v) is 5.80. The highest BCUT2D eigenvalue weighted by Crippen LogP contribution is 2.34. The molecule has 29 heavy (non-hydrogen) atoms. The highest BCUT2D eigenvalue weighted by Gasteiger charge is 2.40. The van der Waals surface area contributed by atoms with E-state index in [1.807, 2.05) is 25.1 Å². The zero-order valence-electron chi connectivity index (χ0n) is 16.2. The van der Waals surface area contributed by atoms with Crippen LogP contribution in [0.3, 0.4) is 0 Å². The van der Waals surface area contributed by atoms with Gasteiger partial charge in [-0.1, -0.05) is 11.8 Å². The first-order chi connectivity index (χ1) is 14.0. The molecule has 3 aromatic rings. The van der Waals surface area contributed by atoms with E-state index in [2.05, 4.69) is 9.97 Å². The van der Waals surface area contributed by atoms with Crippen LogP contribution in [0, 0.1) is 6.92 Å². The Labute approximate surface area is 172 Å². The number of hydrogen-bond acceptors (Lipinski definition) is 7. The zero-order valence-corrected chi connectivity index (χ0v) is 17.0. The highest BCUT2D eigenvalue weighted by atomic mass is 32.2. The van der Waals surface area contributed by atoms with E-state index in [1.165, 1.54) is 16.7 Å². The lowest BCUT2D eigenvalue weighted by molar-refractivity contribution is -0.121. The maximum absolute atomic E-state index is 12.9. The van der Waals surface area contributed by atoms with Crippen molar-refractivity contribution in [1.82, 2.24) is 9.97 Å². The Morgan fingerprint density at radius 3 is 2.38 bits per heavy atom. The maximum atomic E-state index is 12.9. The third kappa shape index (κ3) is 3.63. The van der Waals surface area contributed by atoms with Gasteiger partial charge in [-0.15, -0.1) is 0 Å². The van der Waals surface area contributed by atoms with Gasteiger partial charge in [-0.2, -0.15) is 0 Å². The van der Waals surface area contributed by atoms with Crippen LogP contribution < -0.4 is 14.4 Å². The number of hydrogen-bond donors (Lipinski definition) is 0. The number of anilines is 1. The number of carbonyl (C=O) groups excluding carboxylic acids is 2. The number of aryl methyl sites for hydroxylation is 1. The average molecular weight is 409 g/mol. The summed E-state index contributed by atoms with van der Waals surface area (Å²) in [4.78, 5) is 35.7. The highest BCUT2D eigenvalue weighted by molar-refractivity contribution is 8.00. The lowest BCUT2D eigenvalue weighted by Gasteiger charge is -2.15. The van der Waals surface area contributed by atoms with Gasteiger partial charge in [0.1, 0.15) is 16.7 Å². The number of amides is 2. The van der Waals surface area contributed by atoms with Crippen LogP contribution >= 0.6 is 11.8 Å². The van der Waals surface area contributed by atoms with Crippen molar-refractivity contribution >= 4 is 40.2 Å². The fourth-order valence-electron chi connectivity index (χ4n) is 3.24. The SMILES string of the molecule is COc1ccc(N2C(=O)CC(Sc3nc(C)c4cc(OC)ccc4n3)C2=O)cc1. The first-order valence-electron chi connectivity index (χ1n) is 9.00. The minimum Gasteiger partial charge on any atom is -0.497 e. The number of aromatic nitrogens is 2. The number of thioether (sulfide) groups is 1. The van der Waals surface area contributed by atoms with E-state index in [0.29, 0.717) is 16.6 Å². The molecule has 0 bridgehead atoms. The molecule has 2 aromatic carbocycles. The van der Waals surface area contributed by atoms with Crippen molar-refractivity contribution in [3.8, 4) is 11.5 Å². The lowest BCUT2D eigenvalue weighted by Crippen LogP contribution is -2.31. The number of carbonyl (C=O) groups is 2. The van der Waals surface area contributed by atoms with Crippen molar-refractivity contribution in [2.24, 2.45) is 0 Å². The monoisotopic (exact) mass is 409 g/mol. The summed E-state index contributed by atoms with van der Waals surface area (Å²) >= 11 is 1.22. The van der Waals surface area contributed by atoms with Crippen LogP contribution in [-0.2, 0) is 9.59 Å². The molecule has 1 unspecified atom stereocenters. The molecule has 0 N–H and O–H groups in total. The van der Waals surface area contributed by atoms with Crippen LogP contribution in [-0.4, -0.2) is 41.3 Å². The van der Waals surface area contributed by atoms with Gasteiger partial charge in [-0.05, 0) is 49.4 Å². The van der Waals surface area contributed by atoms with E-state index in [0.717, 1.165) is 22.3 Å². The molecular weight excluding hydrogens is 390 g/mol. The molecule has 0 aliphatic carbocycles. The van der Waals surface area contributed by atoms with E-state index < -0.39 is 5.25 Å². The quantitative estimate of drug-likeness (QED) is 0.472. The van der Waals surface area contributed by atoms with E-state index in [4.69, 9.17) is 9.47 Å². The molecule has 1 saturated heterocycles. The predicted molar refractivity (Wildman–Crippen MR) is 111 cm³/mol. The van der Waals surface area contributed by atoms with Gasteiger partial charge in [0.15, 0.2) is 5.16 Å². The number of rotatable bonds is 5. The molecule has 1 atom stereocenters. The van der Waals surface area contributed by atoms with Gasteiger partial charge in [0.25, 0.3) is 0 Å². The Hall–Kier alpha value is -3.13. The first-order valence-corrected chi connectivity index (χ1v) is 9.88. The Balaban J connectivity index is 1.58. The van der Waals surface area contributed by atoms with Crippen molar-refractivity contribution in [2.45, 2.75) is 23.8 Å². The summed E-state index contributed by atoms with van der Waals surface area (Å²) in [6.07, 6.45) is 0.110. The molecule has 1 aliphatic heterocycles. The molecule has 0 saturated carbocycles. The standard InChI is InChI=1S/C21H19N3O4S/c1-12-16-10-15(28-3)8-9-17(16)23-21(22-12)29-18-11-19(25)24(20(18)26)13-4-6-14(27-2)7-5-13/h4-10,18H,11H2,1-3H3. The molecule has 0 radical (unpaired) electrons. The van der Waals surface area contributed by atoms with Gasteiger partial charge in [0.05, 0.1) is 25.4 Å². The van der Waals surface area contributed by atoms with Crippen LogP contribution in [0.15, 0.2) is 47.6 Å². The van der Waals surface area contributed by atoms with Gasteiger partial charge >= 0.3 is 0 Å². The van der Waals surface area contributed by atoms with Crippen molar-refractivity contribution in [2.75, 3.05) is 19.1 Å². The Kier molecular flexibility index (Phi) is 5.10. The topological polar surface area (TPSA) is 81.6 Å². The van der Waals surface area contributed by atoms with Crippen LogP contribution in [0.5, 0.6) is 11.5 Å². The predicted octanol–water partition coefficient (Wildman–Crippen LogP) is 3.38.